The van der Waals surface area contributed by atoms with Crippen molar-refractivity contribution in [2.45, 2.75) is 25.4 Å². The van der Waals surface area contributed by atoms with Gasteiger partial charge in [0.05, 0.1) is 24.4 Å². The highest BCUT2D eigenvalue weighted by Gasteiger charge is 2.44. The molecule has 4 aromatic rings. The van der Waals surface area contributed by atoms with E-state index in [1.807, 2.05) is 72.8 Å². The molecule has 0 saturated heterocycles. The Labute approximate surface area is 191 Å². The van der Waals surface area contributed by atoms with E-state index < -0.39 is 17.7 Å². The van der Waals surface area contributed by atoms with Crippen LogP contribution in [0.4, 0.5) is 0 Å². The first kappa shape index (κ1) is 20.8. The third-order valence-corrected chi connectivity index (χ3v) is 6.11. The molecule has 1 unspecified atom stereocenters. The van der Waals surface area contributed by atoms with E-state index in [-0.39, 0.29) is 24.3 Å². The average molecular weight is 437 g/mol. The van der Waals surface area contributed by atoms with Gasteiger partial charge in [-0.25, -0.2) is 0 Å². The van der Waals surface area contributed by atoms with Gasteiger partial charge in [0.25, 0.3) is 5.91 Å². The van der Waals surface area contributed by atoms with Gasteiger partial charge in [0.1, 0.15) is 5.76 Å². The van der Waals surface area contributed by atoms with Gasteiger partial charge in [-0.1, -0.05) is 72.8 Å². The highest BCUT2D eigenvalue weighted by molar-refractivity contribution is 6.09. The molecule has 5 rings (SSSR count). The van der Waals surface area contributed by atoms with Crippen molar-refractivity contribution in [3.63, 3.8) is 0 Å². The number of aliphatic hydroxyl groups is 1. The van der Waals surface area contributed by atoms with E-state index >= 15 is 0 Å². The summed E-state index contributed by atoms with van der Waals surface area (Å²) in [5, 5.41) is 12.8. The summed E-state index contributed by atoms with van der Waals surface area (Å²) in [6.45, 7) is 0.152. The number of benzene rings is 3. The first-order valence-electron chi connectivity index (χ1n) is 10.9. The lowest BCUT2D eigenvalue weighted by Gasteiger charge is -2.27. The van der Waals surface area contributed by atoms with Crippen molar-refractivity contribution >= 4 is 22.5 Å². The zero-order valence-corrected chi connectivity index (χ0v) is 18.0. The van der Waals surface area contributed by atoms with Crippen LogP contribution < -0.4 is 0 Å². The standard InChI is InChI=1S/C28H23NO4/c30-24(16-15-19-8-2-1-3-9-19)25-26(23-14-6-11-20-10-4-5-13-22(20)23)29(28(32)27(25)31)18-21-12-7-17-33-21/h1-14,17,26,31H,15-16,18H2. The molecule has 2 heterocycles. The van der Waals surface area contributed by atoms with Gasteiger partial charge in [-0.3, -0.25) is 9.59 Å². The van der Waals surface area contributed by atoms with Crippen LogP contribution in [0.1, 0.15) is 29.3 Å². The lowest BCUT2D eigenvalue weighted by Crippen LogP contribution is -2.30. The van der Waals surface area contributed by atoms with Crippen LogP contribution in [-0.4, -0.2) is 21.7 Å². The van der Waals surface area contributed by atoms with Crippen LogP contribution in [0, 0.1) is 0 Å². The van der Waals surface area contributed by atoms with Gasteiger partial charge >= 0.3 is 0 Å². The normalized spacial score (nSPS) is 16.1. The topological polar surface area (TPSA) is 70.8 Å². The zero-order chi connectivity index (χ0) is 22.8. The molecule has 1 aliphatic heterocycles. The number of hydrogen-bond acceptors (Lipinski definition) is 4. The number of hydrogen-bond donors (Lipinski definition) is 1. The van der Waals surface area contributed by atoms with Crippen molar-refractivity contribution < 1.29 is 19.1 Å². The van der Waals surface area contributed by atoms with Gasteiger partial charge < -0.3 is 14.4 Å². The number of ketones is 1. The molecule has 1 amide bonds. The number of rotatable bonds is 7. The van der Waals surface area contributed by atoms with Crippen LogP contribution >= 0.6 is 0 Å². The fraction of sp³-hybridized carbons (Fsp3) is 0.143. The summed E-state index contributed by atoms with van der Waals surface area (Å²) in [6, 6.07) is 26.2. The lowest BCUT2D eigenvalue weighted by molar-refractivity contribution is -0.130. The van der Waals surface area contributed by atoms with Gasteiger partial charge in [0.15, 0.2) is 11.5 Å². The van der Waals surface area contributed by atoms with E-state index in [9.17, 15) is 14.7 Å². The molecule has 1 atom stereocenters. The maximum absolute atomic E-state index is 13.4. The molecule has 0 saturated carbocycles. The summed E-state index contributed by atoms with van der Waals surface area (Å²) in [4.78, 5) is 28.1. The number of aryl methyl sites for hydroxylation is 1. The van der Waals surface area contributed by atoms with Crippen LogP contribution in [-0.2, 0) is 22.6 Å². The molecule has 164 valence electrons. The monoisotopic (exact) mass is 437 g/mol. The second-order valence-electron chi connectivity index (χ2n) is 8.15. The van der Waals surface area contributed by atoms with Gasteiger partial charge in [-0.2, -0.15) is 0 Å². The SMILES string of the molecule is O=C(CCc1ccccc1)C1=C(O)C(=O)N(Cc2ccco2)C1c1cccc2ccccc12. The fourth-order valence-electron chi connectivity index (χ4n) is 4.52. The van der Waals surface area contributed by atoms with Crippen molar-refractivity contribution in [3.05, 3.63) is 119 Å². The van der Waals surface area contributed by atoms with Crippen LogP contribution in [0.2, 0.25) is 0 Å². The Balaban J connectivity index is 1.56. The summed E-state index contributed by atoms with van der Waals surface area (Å²) in [5.74, 6) is -0.686. The van der Waals surface area contributed by atoms with E-state index in [2.05, 4.69) is 0 Å². The summed E-state index contributed by atoms with van der Waals surface area (Å²) in [5.41, 5.74) is 1.99. The van der Waals surface area contributed by atoms with Crippen LogP contribution in [0.5, 0.6) is 0 Å². The lowest BCUT2D eigenvalue weighted by atomic mass is 9.90. The average Bonchev–Trinajstić information content (AvgIpc) is 3.45. The number of amides is 1. The number of furan rings is 1. The number of carbonyl (C=O) groups is 2. The Morgan fingerprint density at radius 3 is 2.45 bits per heavy atom. The second kappa shape index (κ2) is 8.79. The summed E-state index contributed by atoms with van der Waals surface area (Å²) in [6.07, 6.45) is 2.28. The number of nitrogens with zero attached hydrogens (tertiary/aromatic N) is 1. The van der Waals surface area contributed by atoms with Crippen molar-refractivity contribution in [1.82, 2.24) is 4.90 Å². The first-order chi connectivity index (χ1) is 16.1. The molecule has 1 N–H and O–H groups in total. The van der Waals surface area contributed by atoms with Crippen LogP contribution in [0.25, 0.3) is 10.8 Å². The Bertz CT molecular complexity index is 1330. The van der Waals surface area contributed by atoms with E-state index in [0.717, 1.165) is 21.9 Å². The van der Waals surface area contributed by atoms with Crippen LogP contribution in [0.3, 0.4) is 0 Å². The smallest absolute Gasteiger partial charge is 0.290 e. The molecule has 33 heavy (non-hydrogen) atoms. The van der Waals surface area contributed by atoms with E-state index in [1.54, 1.807) is 18.4 Å². The summed E-state index contributed by atoms with van der Waals surface area (Å²) < 4.78 is 5.47. The quantitative estimate of drug-likeness (QED) is 0.413. The number of carbonyl (C=O) groups excluding carboxylic acids is 2. The minimum Gasteiger partial charge on any atom is -0.503 e. The van der Waals surface area contributed by atoms with Crippen molar-refractivity contribution in [1.29, 1.82) is 0 Å². The second-order valence-corrected chi connectivity index (χ2v) is 8.15. The Hall–Kier alpha value is -4.12. The van der Waals surface area contributed by atoms with Gasteiger partial charge in [0.2, 0.25) is 0 Å². The number of Topliss-reactive ketones (excluding diaryl/α,β-unsaturated/α-hetero) is 1. The maximum Gasteiger partial charge on any atom is 0.290 e. The molecule has 3 aromatic carbocycles. The van der Waals surface area contributed by atoms with Gasteiger partial charge in [-0.15, -0.1) is 0 Å². The number of aliphatic hydroxyl groups excluding tert-OH is 1. The number of fused-ring (bicyclic) bond motifs is 1. The summed E-state index contributed by atoms with van der Waals surface area (Å²) >= 11 is 0. The molecule has 5 nitrogen and oxygen atoms in total. The molecule has 0 spiro atoms. The highest BCUT2D eigenvalue weighted by Crippen LogP contribution is 2.41. The molecular weight excluding hydrogens is 414 g/mol. The van der Waals surface area contributed by atoms with Crippen molar-refractivity contribution in [2.75, 3.05) is 0 Å². The molecule has 1 aromatic heterocycles. The molecular formula is C28H23NO4. The minimum atomic E-state index is -0.697. The summed E-state index contributed by atoms with van der Waals surface area (Å²) in [7, 11) is 0. The van der Waals surface area contributed by atoms with Crippen molar-refractivity contribution in [2.24, 2.45) is 0 Å². The third-order valence-electron chi connectivity index (χ3n) is 6.11. The predicted molar refractivity (Wildman–Crippen MR) is 125 cm³/mol. The van der Waals surface area contributed by atoms with Crippen LogP contribution in [0.15, 0.2) is 107 Å². The Kier molecular flexibility index (Phi) is 5.53. The molecule has 0 bridgehead atoms. The molecule has 5 heteroatoms. The largest absolute Gasteiger partial charge is 0.503 e. The molecule has 0 aliphatic carbocycles. The Morgan fingerprint density at radius 2 is 1.67 bits per heavy atom. The molecule has 0 radical (unpaired) electrons. The minimum absolute atomic E-state index is 0.152. The predicted octanol–water partition coefficient (Wildman–Crippen LogP) is 5.53. The van der Waals surface area contributed by atoms with E-state index in [1.165, 1.54) is 4.90 Å². The van der Waals surface area contributed by atoms with Gasteiger partial charge in [0, 0.05) is 6.42 Å². The Morgan fingerprint density at radius 1 is 0.909 bits per heavy atom. The third kappa shape index (κ3) is 3.94. The highest BCUT2D eigenvalue weighted by atomic mass is 16.3. The first-order valence-corrected chi connectivity index (χ1v) is 10.9. The van der Waals surface area contributed by atoms with Crippen molar-refractivity contribution in [3.8, 4) is 0 Å². The molecule has 1 aliphatic rings. The van der Waals surface area contributed by atoms with E-state index in [4.69, 9.17) is 4.42 Å². The fourth-order valence-corrected chi connectivity index (χ4v) is 4.52. The van der Waals surface area contributed by atoms with Gasteiger partial charge in [-0.05, 0) is 40.5 Å². The maximum atomic E-state index is 13.4. The molecule has 0 fully saturated rings. The van der Waals surface area contributed by atoms with E-state index in [0.29, 0.717) is 12.2 Å². The zero-order valence-electron chi connectivity index (χ0n) is 18.0.